The first-order valence-corrected chi connectivity index (χ1v) is 21.9. The van der Waals surface area contributed by atoms with Crippen molar-refractivity contribution in [1.29, 1.82) is 0 Å². The Kier molecular flexibility index (Phi) is 10.9. The van der Waals surface area contributed by atoms with E-state index in [9.17, 15) is 0 Å². The highest BCUT2D eigenvalue weighted by Gasteiger charge is 2.18. The van der Waals surface area contributed by atoms with Crippen LogP contribution in [0.5, 0.6) is 0 Å². The Hall–Kier alpha value is -9.00. The molecule has 6 nitrogen and oxygen atoms in total. The normalized spacial score (nSPS) is 11.0. The van der Waals surface area contributed by atoms with Crippen LogP contribution in [-0.4, -0.2) is 29.9 Å². The van der Waals surface area contributed by atoms with Crippen LogP contribution in [-0.2, 0) is 0 Å². The second-order valence-electron chi connectivity index (χ2n) is 15.9. The van der Waals surface area contributed by atoms with Gasteiger partial charge in [0.15, 0.2) is 23.3 Å². The second-order valence-corrected chi connectivity index (χ2v) is 15.9. The first kappa shape index (κ1) is 39.8. The van der Waals surface area contributed by atoms with Crippen LogP contribution >= 0.6 is 0 Å². The van der Waals surface area contributed by atoms with Gasteiger partial charge < -0.3 is 0 Å². The van der Waals surface area contributed by atoms with Crippen LogP contribution < -0.4 is 0 Å². The Morgan fingerprint density at radius 3 is 1.30 bits per heavy atom. The van der Waals surface area contributed by atoms with Crippen LogP contribution in [0.4, 0.5) is 0 Å². The van der Waals surface area contributed by atoms with Gasteiger partial charge in [0.05, 0.1) is 11.4 Å². The standard InChI is InChI=1S/C60H40N6/c1-5-17-41(18-6-1)47-25-15-26-49(37-47)56-39-55(43-19-7-2-8-20-43)62-57(63-56)46-32-30-42(31-33-46)52-35-34-48(38-54(52)50-27-16-36-61-40-50)51-28-13-14-29-53(51)60-65-58(44-21-9-3-10-22-44)64-59(66-60)45-23-11-4-12-24-45/h1-40H. The van der Waals surface area contributed by atoms with E-state index in [-0.39, 0.29) is 0 Å². The Bertz CT molecular complexity index is 3380. The summed E-state index contributed by atoms with van der Waals surface area (Å²) in [6, 6.07) is 79.1. The van der Waals surface area contributed by atoms with Crippen molar-refractivity contribution in [2.45, 2.75) is 0 Å². The van der Waals surface area contributed by atoms with E-state index in [0.717, 1.165) is 89.3 Å². The molecule has 0 unspecified atom stereocenters. The quantitative estimate of drug-likeness (QED) is 0.136. The van der Waals surface area contributed by atoms with Gasteiger partial charge in [-0.25, -0.2) is 24.9 Å². The zero-order valence-electron chi connectivity index (χ0n) is 35.8. The molecule has 0 aliphatic carbocycles. The van der Waals surface area contributed by atoms with Crippen LogP contribution in [0.1, 0.15) is 0 Å². The zero-order valence-corrected chi connectivity index (χ0v) is 35.8. The van der Waals surface area contributed by atoms with Gasteiger partial charge in [-0.1, -0.05) is 206 Å². The predicted octanol–water partition coefficient (Wildman–Crippen LogP) is 14.7. The molecular weight excluding hydrogens is 805 g/mol. The first-order chi connectivity index (χ1) is 32.7. The molecule has 0 atom stereocenters. The monoisotopic (exact) mass is 844 g/mol. The fraction of sp³-hybridized carbons (Fsp3) is 0. The Balaban J connectivity index is 0.989. The molecule has 0 aliphatic heterocycles. The van der Waals surface area contributed by atoms with Crippen LogP contribution in [0.25, 0.3) is 113 Å². The first-order valence-electron chi connectivity index (χ1n) is 21.9. The van der Waals surface area contributed by atoms with Crippen LogP contribution in [0.15, 0.2) is 243 Å². The fourth-order valence-electron chi connectivity index (χ4n) is 8.35. The smallest absolute Gasteiger partial charge is 0.164 e. The molecule has 3 aromatic heterocycles. The molecule has 6 heteroatoms. The summed E-state index contributed by atoms with van der Waals surface area (Å²) in [6.45, 7) is 0. The van der Waals surface area contributed by atoms with E-state index in [1.807, 2.05) is 109 Å². The average molecular weight is 845 g/mol. The summed E-state index contributed by atoms with van der Waals surface area (Å²) in [5, 5.41) is 0. The molecule has 0 bridgehead atoms. The van der Waals surface area contributed by atoms with Crippen molar-refractivity contribution in [2.24, 2.45) is 0 Å². The van der Waals surface area contributed by atoms with Crippen molar-refractivity contribution in [2.75, 3.05) is 0 Å². The Labute approximate surface area is 383 Å². The molecule has 11 rings (SSSR count). The van der Waals surface area contributed by atoms with Gasteiger partial charge >= 0.3 is 0 Å². The molecular formula is C60H40N6. The van der Waals surface area contributed by atoms with E-state index in [2.05, 4.69) is 138 Å². The minimum atomic E-state index is 0.603. The maximum atomic E-state index is 5.19. The van der Waals surface area contributed by atoms with Gasteiger partial charge in [0, 0.05) is 51.3 Å². The number of pyridine rings is 1. The summed E-state index contributed by atoms with van der Waals surface area (Å²) in [5.74, 6) is 2.50. The molecule has 0 radical (unpaired) electrons. The van der Waals surface area contributed by atoms with Gasteiger partial charge in [0.2, 0.25) is 0 Å². The molecule has 8 aromatic carbocycles. The highest BCUT2D eigenvalue weighted by molar-refractivity contribution is 5.90. The van der Waals surface area contributed by atoms with Gasteiger partial charge in [0.1, 0.15) is 0 Å². The predicted molar refractivity (Wildman–Crippen MR) is 268 cm³/mol. The summed E-state index contributed by atoms with van der Waals surface area (Å²) in [5.41, 5.74) is 16.0. The lowest BCUT2D eigenvalue weighted by Crippen LogP contribution is -2.01. The van der Waals surface area contributed by atoms with Crippen molar-refractivity contribution in [1.82, 2.24) is 29.9 Å². The fourth-order valence-corrected chi connectivity index (χ4v) is 8.35. The van der Waals surface area contributed by atoms with E-state index in [1.54, 1.807) is 0 Å². The third-order valence-electron chi connectivity index (χ3n) is 11.7. The van der Waals surface area contributed by atoms with E-state index in [1.165, 1.54) is 0 Å². The molecule has 0 spiro atoms. The molecule has 0 saturated heterocycles. The summed E-state index contributed by atoms with van der Waals surface area (Å²) in [6.07, 6.45) is 3.73. The molecule has 0 fully saturated rings. The van der Waals surface area contributed by atoms with Crippen LogP contribution in [0, 0.1) is 0 Å². The summed E-state index contributed by atoms with van der Waals surface area (Å²) in [4.78, 5) is 30.0. The third kappa shape index (κ3) is 8.30. The lowest BCUT2D eigenvalue weighted by Gasteiger charge is -2.16. The zero-order chi connectivity index (χ0) is 44.1. The van der Waals surface area contributed by atoms with E-state index in [4.69, 9.17) is 24.9 Å². The van der Waals surface area contributed by atoms with E-state index in [0.29, 0.717) is 23.3 Å². The third-order valence-corrected chi connectivity index (χ3v) is 11.7. The lowest BCUT2D eigenvalue weighted by molar-refractivity contribution is 1.07. The van der Waals surface area contributed by atoms with Crippen LogP contribution in [0.2, 0.25) is 0 Å². The minimum absolute atomic E-state index is 0.603. The second kappa shape index (κ2) is 18.0. The van der Waals surface area contributed by atoms with Crippen molar-refractivity contribution in [3.8, 4) is 113 Å². The lowest BCUT2D eigenvalue weighted by atomic mass is 9.90. The van der Waals surface area contributed by atoms with Gasteiger partial charge in [-0.05, 0) is 63.2 Å². The Morgan fingerprint density at radius 1 is 0.212 bits per heavy atom. The van der Waals surface area contributed by atoms with Gasteiger partial charge in [-0.3, -0.25) is 4.98 Å². The number of rotatable bonds is 10. The molecule has 0 saturated carbocycles. The van der Waals surface area contributed by atoms with Crippen molar-refractivity contribution in [3.63, 3.8) is 0 Å². The molecule has 66 heavy (non-hydrogen) atoms. The molecule has 0 N–H and O–H groups in total. The summed E-state index contributed by atoms with van der Waals surface area (Å²) < 4.78 is 0. The summed E-state index contributed by atoms with van der Waals surface area (Å²) >= 11 is 0. The number of benzene rings is 8. The minimum Gasteiger partial charge on any atom is -0.264 e. The SMILES string of the molecule is c1ccc(-c2cccc(-c3cc(-c4ccccc4)nc(-c4ccc(-c5ccc(-c6ccccc6-c6nc(-c7ccccc7)nc(-c7ccccc7)n6)cc5-c5cccnc5)cc4)n3)c2)cc1. The highest BCUT2D eigenvalue weighted by Crippen LogP contribution is 2.40. The van der Waals surface area contributed by atoms with Crippen molar-refractivity contribution >= 4 is 0 Å². The van der Waals surface area contributed by atoms with Crippen molar-refractivity contribution in [3.05, 3.63) is 243 Å². The molecule has 310 valence electrons. The number of hydrogen-bond acceptors (Lipinski definition) is 6. The molecule has 11 aromatic rings. The van der Waals surface area contributed by atoms with Gasteiger partial charge in [-0.15, -0.1) is 0 Å². The topological polar surface area (TPSA) is 77.3 Å². The molecule has 0 amide bonds. The largest absolute Gasteiger partial charge is 0.264 e. The van der Waals surface area contributed by atoms with Crippen molar-refractivity contribution < 1.29 is 0 Å². The maximum absolute atomic E-state index is 5.19. The molecule has 0 aliphatic rings. The average Bonchev–Trinajstić information content (AvgIpc) is 3.42. The highest BCUT2D eigenvalue weighted by atomic mass is 15.0. The van der Waals surface area contributed by atoms with Gasteiger partial charge in [-0.2, -0.15) is 0 Å². The number of hydrogen-bond donors (Lipinski definition) is 0. The van der Waals surface area contributed by atoms with Gasteiger partial charge in [0.25, 0.3) is 0 Å². The molecule has 3 heterocycles. The number of aromatic nitrogens is 6. The Morgan fingerprint density at radius 2 is 0.667 bits per heavy atom. The number of nitrogens with zero attached hydrogens (tertiary/aromatic N) is 6. The van der Waals surface area contributed by atoms with Crippen LogP contribution in [0.3, 0.4) is 0 Å². The maximum Gasteiger partial charge on any atom is 0.164 e. The van der Waals surface area contributed by atoms with E-state index >= 15 is 0 Å². The summed E-state index contributed by atoms with van der Waals surface area (Å²) in [7, 11) is 0. The van der Waals surface area contributed by atoms with E-state index < -0.39 is 0 Å².